The molecule has 1 aromatic heterocycles. The second-order valence-electron chi connectivity index (χ2n) is 5.40. The van der Waals surface area contributed by atoms with E-state index in [0.717, 1.165) is 6.20 Å². The Balaban J connectivity index is 2.03. The van der Waals surface area contributed by atoms with Gasteiger partial charge in [0, 0.05) is 19.3 Å². The third kappa shape index (κ3) is 3.13. The SMILES string of the molecule is CN(C)CC1(O)CCN(C(=O)c2ccn(C(F)F)n2)C1. The normalized spacial score (nSPS) is 23.1. The molecule has 1 amide bonds. The van der Waals surface area contributed by atoms with Gasteiger partial charge in [-0.05, 0) is 26.6 Å². The van der Waals surface area contributed by atoms with Gasteiger partial charge in [-0.15, -0.1) is 0 Å². The number of alkyl halides is 2. The third-order valence-corrected chi connectivity index (χ3v) is 3.26. The Morgan fingerprint density at radius 3 is 2.85 bits per heavy atom. The Bertz CT molecular complexity index is 492. The summed E-state index contributed by atoms with van der Waals surface area (Å²) in [5.41, 5.74) is -0.982. The van der Waals surface area contributed by atoms with Crippen molar-refractivity contribution in [1.29, 1.82) is 0 Å². The van der Waals surface area contributed by atoms with Gasteiger partial charge in [-0.25, -0.2) is 4.68 Å². The minimum atomic E-state index is -2.76. The van der Waals surface area contributed by atoms with Gasteiger partial charge in [-0.2, -0.15) is 13.9 Å². The van der Waals surface area contributed by atoms with Crippen molar-refractivity contribution in [3.05, 3.63) is 18.0 Å². The van der Waals surface area contributed by atoms with Gasteiger partial charge < -0.3 is 14.9 Å². The first kappa shape index (κ1) is 14.9. The fourth-order valence-electron chi connectivity index (χ4n) is 2.47. The molecule has 1 aromatic rings. The first-order valence-electron chi connectivity index (χ1n) is 6.30. The molecule has 1 N–H and O–H groups in total. The summed E-state index contributed by atoms with van der Waals surface area (Å²) in [4.78, 5) is 15.4. The summed E-state index contributed by atoms with van der Waals surface area (Å²) in [5.74, 6) is -0.431. The largest absolute Gasteiger partial charge is 0.387 e. The summed E-state index contributed by atoms with van der Waals surface area (Å²) in [6, 6.07) is 1.26. The molecule has 0 saturated carbocycles. The minimum Gasteiger partial charge on any atom is -0.387 e. The van der Waals surface area contributed by atoms with Crippen molar-refractivity contribution in [1.82, 2.24) is 19.6 Å². The van der Waals surface area contributed by atoms with E-state index in [9.17, 15) is 18.7 Å². The number of β-amino-alcohol motifs (C(OH)–C–C–N with tert-alkyl or cyclic N) is 1. The highest BCUT2D eigenvalue weighted by Gasteiger charge is 2.39. The monoisotopic (exact) mass is 288 g/mol. The average Bonchev–Trinajstić information content (AvgIpc) is 2.94. The lowest BCUT2D eigenvalue weighted by molar-refractivity contribution is 0.0233. The van der Waals surface area contributed by atoms with Gasteiger partial charge in [0.15, 0.2) is 5.69 Å². The van der Waals surface area contributed by atoms with Crippen LogP contribution in [0.15, 0.2) is 12.3 Å². The number of carbonyl (C=O) groups excluding carboxylic acids is 1. The van der Waals surface area contributed by atoms with Crippen LogP contribution in [0.2, 0.25) is 0 Å². The third-order valence-electron chi connectivity index (χ3n) is 3.26. The van der Waals surface area contributed by atoms with E-state index < -0.39 is 18.1 Å². The summed E-state index contributed by atoms with van der Waals surface area (Å²) in [6.45, 7) is -1.74. The van der Waals surface area contributed by atoms with Crippen LogP contribution in [0.3, 0.4) is 0 Å². The molecule has 0 bridgehead atoms. The molecule has 2 heterocycles. The molecule has 0 radical (unpaired) electrons. The Labute approximate surface area is 115 Å². The number of likely N-dealkylation sites (N-methyl/N-ethyl adjacent to an activating group) is 1. The van der Waals surface area contributed by atoms with Crippen LogP contribution in [-0.4, -0.2) is 69.9 Å². The average molecular weight is 288 g/mol. The Morgan fingerprint density at radius 2 is 2.30 bits per heavy atom. The Morgan fingerprint density at radius 1 is 1.60 bits per heavy atom. The van der Waals surface area contributed by atoms with Crippen molar-refractivity contribution in [2.24, 2.45) is 0 Å². The molecule has 1 aliphatic heterocycles. The molecule has 2 rings (SSSR count). The zero-order valence-corrected chi connectivity index (χ0v) is 11.5. The molecule has 1 fully saturated rings. The summed E-state index contributed by atoms with van der Waals surface area (Å²) in [5, 5.41) is 13.9. The zero-order chi connectivity index (χ0) is 14.9. The van der Waals surface area contributed by atoms with E-state index in [1.165, 1.54) is 11.0 Å². The minimum absolute atomic E-state index is 0.0283. The molecule has 0 aliphatic carbocycles. The van der Waals surface area contributed by atoms with Crippen molar-refractivity contribution in [3.8, 4) is 0 Å². The molecule has 20 heavy (non-hydrogen) atoms. The highest BCUT2D eigenvalue weighted by Crippen LogP contribution is 2.23. The predicted molar refractivity (Wildman–Crippen MR) is 67.5 cm³/mol. The maximum Gasteiger partial charge on any atom is 0.333 e. The maximum atomic E-state index is 12.4. The first-order valence-corrected chi connectivity index (χ1v) is 6.30. The van der Waals surface area contributed by atoms with Gasteiger partial charge in [-0.3, -0.25) is 4.79 Å². The molecule has 1 unspecified atom stereocenters. The number of hydrogen-bond donors (Lipinski definition) is 1. The summed E-state index contributed by atoms with van der Waals surface area (Å²) >= 11 is 0. The van der Waals surface area contributed by atoms with E-state index in [4.69, 9.17) is 0 Å². The molecule has 0 aromatic carbocycles. The van der Waals surface area contributed by atoms with Gasteiger partial charge in [0.25, 0.3) is 5.91 Å². The quantitative estimate of drug-likeness (QED) is 0.872. The van der Waals surface area contributed by atoms with Crippen LogP contribution in [0.4, 0.5) is 8.78 Å². The molecule has 1 aliphatic rings. The molecule has 1 atom stereocenters. The zero-order valence-electron chi connectivity index (χ0n) is 11.5. The van der Waals surface area contributed by atoms with Crippen LogP contribution in [0.25, 0.3) is 0 Å². The molecule has 112 valence electrons. The number of nitrogens with zero attached hydrogens (tertiary/aromatic N) is 4. The predicted octanol–water partition coefficient (Wildman–Crippen LogP) is 0.417. The molecule has 8 heteroatoms. The van der Waals surface area contributed by atoms with E-state index in [-0.39, 0.29) is 12.2 Å². The number of carbonyl (C=O) groups is 1. The Hall–Kier alpha value is -1.54. The van der Waals surface area contributed by atoms with E-state index in [0.29, 0.717) is 24.2 Å². The molecule has 0 spiro atoms. The summed E-state index contributed by atoms with van der Waals surface area (Å²) < 4.78 is 25.3. The number of halogens is 2. The molecular weight excluding hydrogens is 270 g/mol. The number of hydrogen-bond acceptors (Lipinski definition) is 4. The number of amides is 1. The summed E-state index contributed by atoms with van der Waals surface area (Å²) in [7, 11) is 3.68. The van der Waals surface area contributed by atoms with Gasteiger partial charge in [0.05, 0.1) is 12.1 Å². The lowest BCUT2D eigenvalue weighted by Gasteiger charge is -2.26. The highest BCUT2D eigenvalue weighted by molar-refractivity contribution is 5.92. The highest BCUT2D eigenvalue weighted by atomic mass is 19.3. The second-order valence-corrected chi connectivity index (χ2v) is 5.40. The lowest BCUT2D eigenvalue weighted by Crippen LogP contribution is -2.43. The van der Waals surface area contributed by atoms with Crippen LogP contribution in [0, 0.1) is 0 Å². The van der Waals surface area contributed by atoms with Crippen molar-refractivity contribution >= 4 is 5.91 Å². The maximum absolute atomic E-state index is 12.4. The van der Waals surface area contributed by atoms with Crippen LogP contribution < -0.4 is 0 Å². The van der Waals surface area contributed by atoms with Gasteiger partial charge in [0.1, 0.15) is 0 Å². The van der Waals surface area contributed by atoms with Crippen molar-refractivity contribution in [2.45, 2.75) is 18.6 Å². The van der Waals surface area contributed by atoms with E-state index in [2.05, 4.69) is 5.10 Å². The standard InChI is InChI=1S/C12H18F2N4O2/c1-16(2)7-12(20)4-6-17(8-12)10(19)9-3-5-18(15-9)11(13)14/h3,5,11,20H,4,6-8H2,1-2H3. The van der Waals surface area contributed by atoms with Gasteiger partial charge >= 0.3 is 6.55 Å². The molecule has 1 saturated heterocycles. The lowest BCUT2D eigenvalue weighted by atomic mass is 10.0. The first-order chi connectivity index (χ1) is 9.31. The number of aliphatic hydroxyl groups is 1. The number of rotatable bonds is 4. The van der Waals surface area contributed by atoms with Crippen molar-refractivity contribution in [3.63, 3.8) is 0 Å². The van der Waals surface area contributed by atoms with Gasteiger partial charge in [0.2, 0.25) is 0 Å². The summed E-state index contributed by atoms with van der Waals surface area (Å²) in [6.07, 6.45) is 1.53. The van der Waals surface area contributed by atoms with Gasteiger partial charge in [-0.1, -0.05) is 0 Å². The van der Waals surface area contributed by atoms with E-state index >= 15 is 0 Å². The smallest absolute Gasteiger partial charge is 0.333 e. The second kappa shape index (κ2) is 5.45. The van der Waals surface area contributed by atoms with Crippen molar-refractivity contribution < 1.29 is 18.7 Å². The van der Waals surface area contributed by atoms with Crippen molar-refractivity contribution in [2.75, 3.05) is 33.7 Å². The van der Waals surface area contributed by atoms with Crippen LogP contribution >= 0.6 is 0 Å². The van der Waals surface area contributed by atoms with Crippen LogP contribution in [-0.2, 0) is 0 Å². The Kier molecular flexibility index (Phi) is 4.05. The molecule has 6 nitrogen and oxygen atoms in total. The van der Waals surface area contributed by atoms with E-state index in [1.54, 1.807) is 0 Å². The number of likely N-dealkylation sites (tertiary alicyclic amines) is 1. The van der Waals surface area contributed by atoms with Crippen LogP contribution in [0.1, 0.15) is 23.5 Å². The van der Waals surface area contributed by atoms with E-state index in [1.807, 2.05) is 19.0 Å². The fourth-order valence-corrected chi connectivity index (χ4v) is 2.47. The number of aromatic nitrogens is 2. The molecular formula is C12H18F2N4O2. The van der Waals surface area contributed by atoms with Crippen LogP contribution in [0.5, 0.6) is 0 Å². The topological polar surface area (TPSA) is 61.6 Å². The fraction of sp³-hybridized carbons (Fsp3) is 0.667.